The fourth-order valence-electron chi connectivity index (χ4n) is 4.31. The van der Waals surface area contributed by atoms with E-state index in [1.165, 1.54) is 0 Å². The zero-order valence-electron chi connectivity index (χ0n) is 18.8. The molecule has 4 heterocycles. The molecular weight excluding hydrogens is 576 g/mol. The van der Waals surface area contributed by atoms with Crippen molar-refractivity contribution >= 4 is 45.3 Å². The second kappa shape index (κ2) is 10.2. The number of halogens is 4. The summed E-state index contributed by atoms with van der Waals surface area (Å²) in [4.78, 5) is 19.3. The number of anilines is 2. The molecule has 3 aromatic rings. The molecule has 2 fully saturated rings. The molecule has 186 valence electrons. The van der Waals surface area contributed by atoms with Crippen molar-refractivity contribution in [1.29, 1.82) is 0 Å². The molecule has 5 rings (SSSR count). The quantitative estimate of drug-likeness (QED) is 0.423. The maximum absolute atomic E-state index is 12.7. The Balaban J connectivity index is 1.25. The van der Waals surface area contributed by atoms with E-state index in [4.69, 9.17) is 14.5 Å². The zero-order valence-corrected chi connectivity index (χ0v) is 20.9. The molecule has 35 heavy (non-hydrogen) atoms. The molecule has 0 spiro atoms. The van der Waals surface area contributed by atoms with Crippen LogP contribution in [0.5, 0.6) is 5.88 Å². The number of fused-ring (bicyclic) bond motifs is 1. The summed E-state index contributed by atoms with van der Waals surface area (Å²) < 4.78 is 51.0. The summed E-state index contributed by atoms with van der Waals surface area (Å²) in [7, 11) is 0. The van der Waals surface area contributed by atoms with Gasteiger partial charge in [0.05, 0.1) is 29.7 Å². The predicted octanol–water partition coefficient (Wildman–Crippen LogP) is 4.68. The van der Waals surface area contributed by atoms with Gasteiger partial charge in [-0.05, 0) is 54.3 Å². The molecule has 12 heteroatoms. The van der Waals surface area contributed by atoms with Crippen LogP contribution in [0.2, 0.25) is 0 Å². The molecule has 0 aromatic carbocycles. The molecule has 0 amide bonds. The van der Waals surface area contributed by atoms with Crippen LogP contribution in [-0.2, 0) is 10.9 Å². The van der Waals surface area contributed by atoms with Crippen molar-refractivity contribution < 1.29 is 22.6 Å². The minimum Gasteiger partial charge on any atom is -0.474 e. The van der Waals surface area contributed by atoms with E-state index in [-0.39, 0.29) is 18.1 Å². The van der Waals surface area contributed by atoms with E-state index in [0.717, 1.165) is 71.5 Å². The van der Waals surface area contributed by atoms with E-state index in [1.54, 1.807) is 0 Å². The Kier molecular flexibility index (Phi) is 7.09. The van der Waals surface area contributed by atoms with Crippen molar-refractivity contribution in [3.8, 4) is 5.88 Å². The van der Waals surface area contributed by atoms with Gasteiger partial charge in [-0.3, -0.25) is 4.98 Å². The van der Waals surface area contributed by atoms with Gasteiger partial charge in [-0.1, -0.05) is 0 Å². The van der Waals surface area contributed by atoms with Crippen LogP contribution < -0.4 is 15.0 Å². The van der Waals surface area contributed by atoms with Crippen molar-refractivity contribution in [3.63, 3.8) is 0 Å². The number of nitrogens with one attached hydrogen (secondary N) is 1. The van der Waals surface area contributed by atoms with E-state index >= 15 is 0 Å². The van der Waals surface area contributed by atoms with Crippen molar-refractivity contribution in [1.82, 2.24) is 19.9 Å². The molecule has 2 aliphatic rings. The van der Waals surface area contributed by atoms with Crippen molar-refractivity contribution in [2.24, 2.45) is 0 Å². The average molecular weight is 600 g/mol. The molecular formula is C23H24F3IN6O2. The molecule has 3 aromatic heterocycles. The summed E-state index contributed by atoms with van der Waals surface area (Å²) in [5.74, 6) is 1.62. The third-order valence-electron chi connectivity index (χ3n) is 6.20. The Morgan fingerprint density at radius 2 is 1.71 bits per heavy atom. The smallest absolute Gasteiger partial charge is 0.419 e. The number of nitrogens with zero attached hydrogens (tertiary/aromatic N) is 5. The van der Waals surface area contributed by atoms with E-state index in [2.05, 4.69) is 47.8 Å². The van der Waals surface area contributed by atoms with Gasteiger partial charge in [0.1, 0.15) is 11.9 Å². The largest absolute Gasteiger partial charge is 0.474 e. The molecule has 1 aliphatic heterocycles. The van der Waals surface area contributed by atoms with Gasteiger partial charge in [-0.25, -0.2) is 9.97 Å². The Hall–Kier alpha value is -2.48. The van der Waals surface area contributed by atoms with Gasteiger partial charge in [0.2, 0.25) is 11.8 Å². The molecule has 0 unspecified atom stereocenters. The topological polar surface area (TPSA) is 85.3 Å². The maximum atomic E-state index is 12.7. The maximum Gasteiger partial charge on any atom is 0.419 e. The molecule has 0 bridgehead atoms. The first kappa shape index (κ1) is 24.2. The van der Waals surface area contributed by atoms with Gasteiger partial charge in [0.25, 0.3) is 0 Å². The summed E-state index contributed by atoms with van der Waals surface area (Å²) >= 11 is 2.23. The van der Waals surface area contributed by atoms with E-state index in [0.29, 0.717) is 19.1 Å². The third kappa shape index (κ3) is 5.85. The molecule has 1 saturated heterocycles. The normalized spacial score (nSPS) is 21.2. The first-order valence-electron chi connectivity index (χ1n) is 11.5. The lowest BCUT2D eigenvalue weighted by molar-refractivity contribution is -0.138. The van der Waals surface area contributed by atoms with Crippen LogP contribution in [0.25, 0.3) is 10.9 Å². The Bertz CT molecular complexity index is 1170. The minimum atomic E-state index is -4.45. The van der Waals surface area contributed by atoms with Gasteiger partial charge in [-0.2, -0.15) is 18.2 Å². The second-order valence-electron chi connectivity index (χ2n) is 8.63. The van der Waals surface area contributed by atoms with Crippen LogP contribution >= 0.6 is 22.6 Å². The number of alkyl halides is 3. The highest BCUT2D eigenvalue weighted by Crippen LogP contribution is 2.32. The fourth-order valence-corrected chi connectivity index (χ4v) is 4.76. The average Bonchev–Trinajstić information content (AvgIpc) is 2.86. The van der Waals surface area contributed by atoms with Crippen LogP contribution in [0.3, 0.4) is 0 Å². The van der Waals surface area contributed by atoms with Gasteiger partial charge >= 0.3 is 6.18 Å². The molecule has 8 nitrogen and oxygen atoms in total. The highest BCUT2D eigenvalue weighted by molar-refractivity contribution is 14.1. The zero-order chi connectivity index (χ0) is 24.4. The van der Waals surface area contributed by atoms with Crippen LogP contribution in [0.4, 0.5) is 24.9 Å². The summed E-state index contributed by atoms with van der Waals surface area (Å²) in [5.41, 5.74) is -0.0185. The minimum absolute atomic E-state index is 0.0184. The number of pyridine rings is 2. The fraction of sp³-hybridized carbons (Fsp3) is 0.478. The Morgan fingerprint density at radius 3 is 2.40 bits per heavy atom. The Morgan fingerprint density at radius 1 is 1.00 bits per heavy atom. The van der Waals surface area contributed by atoms with Crippen LogP contribution in [0.1, 0.15) is 31.2 Å². The highest BCUT2D eigenvalue weighted by atomic mass is 127. The van der Waals surface area contributed by atoms with Crippen molar-refractivity contribution in [2.75, 3.05) is 36.5 Å². The van der Waals surface area contributed by atoms with Crippen LogP contribution in [0, 0.1) is 3.57 Å². The lowest BCUT2D eigenvalue weighted by Crippen LogP contribution is -2.37. The summed E-state index contributed by atoms with van der Waals surface area (Å²) in [5, 5.41) is 4.02. The predicted molar refractivity (Wildman–Crippen MR) is 133 cm³/mol. The van der Waals surface area contributed by atoms with Crippen LogP contribution in [0.15, 0.2) is 30.7 Å². The number of hydrogen-bond acceptors (Lipinski definition) is 8. The summed E-state index contributed by atoms with van der Waals surface area (Å²) in [6, 6.07) is 4.09. The van der Waals surface area contributed by atoms with E-state index in [9.17, 15) is 13.2 Å². The van der Waals surface area contributed by atoms with Crippen molar-refractivity contribution in [3.05, 3.63) is 39.9 Å². The highest BCUT2D eigenvalue weighted by Gasteiger charge is 2.31. The Labute approximate surface area is 213 Å². The number of rotatable bonds is 5. The summed E-state index contributed by atoms with van der Waals surface area (Å²) in [6.07, 6.45) is 2.10. The number of hydrogen-bond donors (Lipinski definition) is 1. The molecule has 0 atom stereocenters. The van der Waals surface area contributed by atoms with Crippen molar-refractivity contribution in [2.45, 2.75) is 44.0 Å². The molecule has 0 radical (unpaired) electrons. The summed E-state index contributed by atoms with van der Waals surface area (Å²) in [6.45, 7) is 2.86. The first-order chi connectivity index (χ1) is 16.8. The lowest BCUT2D eigenvalue weighted by Gasteiger charge is -2.31. The molecule has 1 aliphatic carbocycles. The van der Waals surface area contributed by atoms with Gasteiger partial charge in [0, 0.05) is 47.4 Å². The van der Waals surface area contributed by atoms with Gasteiger partial charge in [0.15, 0.2) is 0 Å². The number of aromatic nitrogens is 4. The first-order valence-corrected chi connectivity index (χ1v) is 12.5. The lowest BCUT2D eigenvalue weighted by atomic mass is 9.93. The monoisotopic (exact) mass is 600 g/mol. The van der Waals surface area contributed by atoms with Gasteiger partial charge in [-0.15, -0.1) is 0 Å². The molecule has 1 N–H and O–H groups in total. The number of morpholine rings is 1. The number of ether oxygens (including phenoxy) is 2. The second-order valence-corrected chi connectivity index (χ2v) is 9.88. The SMILES string of the molecule is FC(F)(F)c1cnc(NC2CCC(Oc3nc(N4CCOCC4)cc4ncc(I)cc34)CC2)nc1. The van der Waals surface area contributed by atoms with E-state index < -0.39 is 11.7 Å². The third-order valence-corrected chi connectivity index (χ3v) is 6.79. The van der Waals surface area contributed by atoms with Gasteiger partial charge < -0.3 is 19.7 Å². The standard InChI is InChI=1S/C23H24F3IN6O2/c24-23(25,26)14-11-29-22(30-12-14)31-16-1-3-17(4-2-16)35-21-18-9-15(27)13-28-19(18)10-20(32-21)33-5-7-34-8-6-33/h9-13,16-17H,1-8H2,(H,29,30,31). The van der Waals surface area contributed by atoms with E-state index in [1.807, 2.05) is 18.3 Å². The molecule has 1 saturated carbocycles. The van der Waals surface area contributed by atoms with Crippen LogP contribution in [-0.4, -0.2) is 58.4 Å².